The average molecular weight is 342 g/mol. The van der Waals surface area contributed by atoms with Crippen LogP contribution in [0.2, 0.25) is 0 Å². The summed E-state index contributed by atoms with van der Waals surface area (Å²) in [4.78, 5) is 23.0. The standard InChI is InChI=1S/C20H22O5/c1-3-23-20(22)13-19(25-15(2)21)17-9-11-18(12-10-17)24-14-16-7-5-4-6-8-16/h4-12,19H,3,13-14H2,1-2H3. The second kappa shape index (κ2) is 9.47. The number of rotatable bonds is 8. The number of esters is 2. The highest BCUT2D eigenvalue weighted by atomic mass is 16.6. The summed E-state index contributed by atoms with van der Waals surface area (Å²) in [6.07, 6.45) is -0.683. The minimum atomic E-state index is -0.667. The monoisotopic (exact) mass is 342 g/mol. The maximum absolute atomic E-state index is 11.7. The highest BCUT2D eigenvalue weighted by Crippen LogP contribution is 2.25. The fourth-order valence-corrected chi connectivity index (χ4v) is 2.32. The molecule has 25 heavy (non-hydrogen) atoms. The molecule has 2 aromatic rings. The van der Waals surface area contributed by atoms with Crippen LogP contribution in [0.5, 0.6) is 5.75 Å². The number of hydrogen-bond donors (Lipinski definition) is 0. The van der Waals surface area contributed by atoms with Gasteiger partial charge >= 0.3 is 11.9 Å². The zero-order valence-corrected chi connectivity index (χ0v) is 14.4. The van der Waals surface area contributed by atoms with Crippen molar-refractivity contribution in [1.82, 2.24) is 0 Å². The Morgan fingerprint density at radius 3 is 2.28 bits per heavy atom. The van der Waals surface area contributed by atoms with E-state index in [1.54, 1.807) is 31.2 Å². The van der Waals surface area contributed by atoms with Crippen LogP contribution in [0.3, 0.4) is 0 Å². The lowest BCUT2D eigenvalue weighted by Gasteiger charge is -2.17. The van der Waals surface area contributed by atoms with E-state index < -0.39 is 18.0 Å². The van der Waals surface area contributed by atoms with Crippen molar-refractivity contribution in [3.63, 3.8) is 0 Å². The first-order chi connectivity index (χ1) is 12.1. The summed E-state index contributed by atoms with van der Waals surface area (Å²) in [6, 6.07) is 17.0. The van der Waals surface area contributed by atoms with Crippen molar-refractivity contribution < 1.29 is 23.8 Å². The SMILES string of the molecule is CCOC(=O)CC(OC(C)=O)c1ccc(OCc2ccccc2)cc1. The highest BCUT2D eigenvalue weighted by Gasteiger charge is 2.20. The Bertz CT molecular complexity index is 679. The maximum atomic E-state index is 11.7. The molecule has 0 heterocycles. The molecule has 132 valence electrons. The smallest absolute Gasteiger partial charge is 0.309 e. The Labute approximate surface area is 147 Å². The van der Waals surface area contributed by atoms with E-state index in [0.717, 1.165) is 11.1 Å². The number of benzene rings is 2. The van der Waals surface area contributed by atoms with Crippen LogP contribution in [0.15, 0.2) is 54.6 Å². The molecule has 0 radical (unpaired) electrons. The largest absolute Gasteiger partial charge is 0.489 e. The van der Waals surface area contributed by atoms with E-state index in [0.29, 0.717) is 12.4 Å². The quantitative estimate of drug-likeness (QED) is 0.683. The molecule has 0 saturated heterocycles. The van der Waals surface area contributed by atoms with Crippen molar-refractivity contribution in [2.45, 2.75) is 33.0 Å². The van der Waals surface area contributed by atoms with Gasteiger partial charge in [-0.1, -0.05) is 42.5 Å². The van der Waals surface area contributed by atoms with E-state index in [4.69, 9.17) is 14.2 Å². The summed E-state index contributed by atoms with van der Waals surface area (Å²) >= 11 is 0. The predicted octanol–water partition coefficient (Wildman–Crippen LogP) is 3.82. The lowest BCUT2D eigenvalue weighted by Crippen LogP contribution is -2.15. The summed E-state index contributed by atoms with van der Waals surface area (Å²) in [7, 11) is 0. The lowest BCUT2D eigenvalue weighted by atomic mass is 10.1. The predicted molar refractivity (Wildman–Crippen MR) is 93.0 cm³/mol. The molecule has 0 fully saturated rings. The summed E-state index contributed by atoms with van der Waals surface area (Å²) < 4.78 is 15.9. The van der Waals surface area contributed by atoms with Crippen molar-refractivity contribution >= 4 is 11.9 Å². The van der Waals surface area contributed by atoms with Gasteiger partial charge in [0.15, 0.2) is 0 Å². The van der Waals surface area contributed by atoms with Crippen molar-refractivity contribution in [2.75, 3.05) is 6.61 Å². The van der Waals surface area contributed by atoms with Gasteiger partial charge < -0.3 is 14.2 Å². The fourth-order valence-electron chi connectivity index (χ4n) is 2.32. The minimum Gasteiger partial charge on any atom is -0.489 e. The van der Waals surface area contributed by atoms with Gasteiger partial charge in [-0.15, -0.1) is 0 Å². The van der Waals surface area contributed by atoms with E-state index in [1.807, 2.05) is 30.3 Å². The lowest BCUT2D eigenvalue weighted by molar-refractivity contribution is -0.153. The third-order valence-electron chi connectivity index (χ3n) is 3.47. The van der Waals surface area contributed by atoms with Crippen LogP contribution in [0.1, 0.15) is 37.5 Å². The Kier molecular flexibility index (Phi) is 7.01. The summed E-state index contributed by atoms with van der Waals surface area (Å²) in [5, 5.41) is 0. The fraction of sp³-hybridized carbons (Fsp3) is 0.300. The van der Waals surface area contributed by atoms with Gasteiger partial charge in [0.05, 0.1) is 13.0 Å². The topological polar surface area (TPSA) is 61.8 Å². The molecular weight excluding hydrogens is 320 g/mol. The number of hydrogen-bond acceptors (Lipinski definition) is 5. The molecule has 0 N–H and O–H groups in total. The number of carbonyl (C=O) groups excluding carboxylic acids is 2. The van der Waals surface area contributed by atoms with Gasteiger partial charge in [0.25, 0.3) is 0 Å². The third kappa shape index (κ3) is 6.30. The van der Waals surface area contributed by atoms with E-state index in [9.17, 15) is 9.59 Å². The van der Waals surface area contributed by atoms with Gasteiger partial charge in [0, 0.05) is 6.92 Å². The molecule has 5 heteroatoms. The molecule has 0 aliphatic heterocycles. The zero-order valence-electron chi connectivity index (χ0n) is 14.4. The normalized spacial score (nSPS) is 11.4. The first-order valence-corrected chi connectivity index (χ1v) is 8.18. The molecule has 2 rings (SSSR count). The van der Waals surface area contributed by atoms with Gasteiger partial charge in [-0.05, 0) is 30.2 Å². The maximum Gasteiger partial charge on any atom is 0.309 e. The van der Waals surface area contributed by atoms with Crippen LogP contribution in [-0.2, 0) is 25.7 Å². The average Bonchev–Trinajstić information content (AvgIpc) is 2.60. The van der Waals surface area contributed by atoms with E-state index in [1.165, 1.54) is 6.92 Å². The van der Waals surface area contributed by atoms with Crippen LogP contribution in [-0.4, -0.2) is 18.5 Å². The molecule has 1 atom stereocenters. The molecule has 0 bridgehead atoms. The van der Waals surface area contributed by atoms with E-state index in [2.05, 4.69) is 0 Å². The van der Waals surface area contributed by atoms with E-state index >= 15 is 0 Å². The van der Waals surface area contributed by atoms with Gasteiger partial charge in [0.2, 0.25) is 0 Å². The molecule has 0 aliphatic carbocycles. The molecular formula is C20H22O5. The molecule has 5 nitrogen and oxygen atoms in total. The summed E-state index contributed by atoms with van der Waals surface area (Å²) in [5.74, 6) is -0.151. The zero-order chi connectivity index (χ0) is 18.1. The van der Waals surface area contributed by atoms with Gasteiger partial charge in [-0.25, -0.2) is 0 Å². The molecule has 0 amide bonds. The Hall–Kier alpha value is -2.82. The first kappa shape index (κ1) is 18.5. The van der Waals surface area contributed by atoms with Gasteiger partial charge in [0.1, 0.15) is 18.5 Å². The van der Waals surface area contributed by atoms with Crippen molar-refractivity contribution in [3.05, 3.63) is 65.7 Å². The van der Waals surface area contributed by atoms with Crippen molar-refractivity contribution in [2.24, 2.45) is 0 Å². The van der Waals surface area contributed by atoms with Gasteiger partial charge in [-0.2, -0.15) is 0 Å². The first-order valence-electron chi connectivity index (χ1n) is 8.18. The molecule has 0 spiro atoms. The molecule has 0 saturated carbocycles. The van der Waals surface area contributed by atoms with Crippen LogP contribution >= 0.6 is 0 Å². The Morgan fingerprint density at radius 2 is 1.68 bits per heavy atom. The molecule has 0 aromatic heterocycles. The number of carbonyl (C=O) groups is 2. The van der Waals surface area contributed by atoms with Crippen molar-refractivity contribution in [1.29, 1.82) is 0 Å². The number of ether oxygens (including phenoxy) is 3. The van der Waals surface area contributed by atoms with Crippen LogP contribution < -0.4 is 4.74 Å². The summed E-state index contributed by atoms with van der Waals surface area (Å²) in [6.45, 7) is 3.81. The molecule has 2 aromatic carbocycles. The van der Waals surface area contributed by atoms with Crippen molar-refractivity contribution in [3.8, 4) is 5.75 Å². The van der Waals surface area contributed by atoms with Crippen LogP contribution in [0, 0.1) is 0 Å². The third-order valence-corrected chi connectivity index (χ3v) is 3.47. The Morgan fingerprint density at radius 1 is 1.00 bits per heavy atom. The summed E-state index contributed by atoms with van der Waals surface area (Å²) in [5.41, 5.74) is 1.79. The molecule has 0 aliphatic rings. The van der Waals surface area contributed by atoms with Gasteiger partial charge in [-0.3, -0.25) is 9.59 Å². The minimum absolute atomic E-state index is 0.0162. The second-order valence-corrected chi connectivity index (χ2v) is 5.45. The second-order valence-electron chi connectivity index (χ2n) is 5.45. The Balaban J connectivity index is 2.01. The highest BCUT2D eigenvalue weighted by molar-refractivity contribution is 5.72. The van der Waals surface area contributed by atoms with Crippen LogP contribution in [0.4, 0.5) is 0 Å². The van der Waals surface area contributed by atoms with E-state index in [-0.39, 0.29) is 13.0 Å². The van der Waals surface area contributed by atoms with Crippen LogP contribution in [0.25, 0.3) is 0 Å². The molecule has 1 unspecified atom stereocenters.